The van der Waals surface area contributed by atoms with Crippen LogP contribution in [0.5, 0.6) is 0 Å². The fraction of sp³-hybridized carbons (Fsp3) is 0.174. The Kier molecular flexibility index (Phi) is 7.69. The standard InChI is InChI=1S/C23H24BrN3O5S2/c1-17-10-12-22(13-11-17)34(31,32)27(21-9-4-6-18(24)14-21)16-23(28)25-19-7-5-8-20(15-19)26(2)33(3,29)30/h4-15H,16H2,1-3H3,(H,25,28). The van der Waals surface area contributed by atoms with Gasteiger partial charge in [0, 0.05) is 17.2 Å². The van der Waals surface area contributed by atoms with Gasteiger partial charge >= 0.3 is 0 Å². The molecule has 180 valence electrons. The van der Waals surface area contributed by atoms with E-state index in [4.69, 9.17) is 0 Å². The van der Waals surface area contributed by atoms with Crippen molar-refractivity contribution in [2.45, 2.75) is 11.8 Å². The summed E-state index contributed by atoms with van der Waals surface area (Å²) in [5.41, 5.74) is 1.91. The molecule has 8 nitrogen and oxygen atoms in total. The molecule has 1 amide bonds. The zero-order valence-corrected chi connectivity index (χ0v) is 22.0. The molecule has 0 fully saturated rings. The van der Waals surface area contributed by atoms with Crippen LogP contribution in [0.4, 0.5) is 17.1 Å². The smallest absolute Gasteiger partial charge is 0.264 e. The van der Waals surface area contributed by atoms with Crippen LogP contribution >= 0.6 is 15.9 Å². The average Bonchev–Trinajstić information content (AvgIpc) is 2.76. The molecule has 0 spiro atoms. The number of carbonyl (C=O) groups is 1. The molecule has 0 saturated carbocycles. The van der Waals surface area contributed by atoms with Gasteiger partial charge in [0.1, 0.15) is 6.54 Å². The Bertz CT molecular complexity index is 1410. The van der Waals surface area contributed by atoms with Gasteiger partial charge in [-0.25, -0.2) is 16.8 Å². The molecule has 0 atom stereocenters. The van der Waals surface area contributed by atoms with Crippen LogP contribution < -0.4 is 13.9 Å². The SMILES string of the molecule is Cc1ccc(S(=O)(=O)N(CC(=O)Nc2cccc(N(C)S(C)(=O)=O)c2)c2cccc(Br)c2)cc1. The molecule has 0 radical (unpaired) electrons. The zero-order chi connectivity index (χ0) is 25.1. The average molecular weight is 566 g/mol. The van der Waals surface area contributed by atoms with E-state index in [-0.39, 0.29) is 4.90 Å². The van der Waals surface area contributed by atoms with Crippen molar-refractivity contribution in [3.8, 4) is 0 Å². The molecule has 0 bridgehead atoms. The highest BCUT2D eigenvalue weighted by Gasteiger charge is 2.27. The second-order valence-electron chi connectivity index (χ2n) is 7.63. The molecule has 0 unspecified atom stereocenters. The number of nitrogens with zero attached hydrogens (tertiary/aromatic N) is 2. The fourth-order valence-electron chi connectivity index (χ4n) is 3.09. The van der Waals surface area contributed by atoms with Gasteiger partial charge in [-0.1, -0.05) is 45.8 Å². The van der Waals surface area contributed by atoms with E-state index in [1.807, 2.05) is 6.92 Å². The lowest BCUT2D eigenvalue weighted by Crippen LogP contribution is -2.38. The van der Waals surface area contributed by atoms with Crippen LogP contribution in [0.2, 0.25) is 0 Å². The van der Waals surface area contributed by atoms with E-state index in [0.717, 1.165) is 20.4 Å². The molecule has 3 rings (SSSR count). The first kappa shape index (κ1) is 25.7. The molecule has 3 aromatic carbocycles. The molecule has 0 heterocycles. The van der Waals surface area contributed by atoms with Gasteiger partial charge in [0.2, 0.25) is 15.9 Å². The van der Waals surface area contributed by atoms with Crippen LogP contribution in [0.1, 0.15) is 5.56 Å². The summed E-state index contributed by atoms with van der Waals surface area (Å²) in [6.45, 7) is 1.37. The number of sulfonamides is 2. The predicted molar refractivity (Wildman–Crippen MR) is 138 cm³/mol. The van der Waals surface area contributed by atoms with Gasteiger partial charge in [0.25, 0.3) is 10.0 Å². The Morgan fingerprint density at radius 3 is 2.15 bits per heavy atom. The first-order valence-corrected chi connectivity index (χ1v) is 14.1. The molecular formula is C23H24BrN3O5S2. The van der Waals surface area contributed by atoms with Crippen molar-refractivity contribution in [1.82, 2.24) is 0 Å². The highest BCUT2D eigenvalue weighted by Crippen LogP contribution is 2.27. The Morgan fingerprint density at radius 1 is 0.912 bits per heavy atom. The maximum atomic E-state index is 13.5. The van der Waals surface area contributed by atoms with E-state index in [2.05, 4.69) is 21.2 Å². The molecular weight excluding hydrogens is 542 g/mol. The summed E-state index contributed by atoms with van der Waals surface area (Å²) in [7, 11) is -6.13. The summed E-state index contributed by atoms with van der Waals surface area (Å²) >= 11 is 3.34. The van der Waals surface area contributed by atoms with E-state index in [1.54, 1.807) is 54.6 Å². The Hall–Kier alpha value is -2.89. The molecule has 0 aliphatic carbocycles. The first-order valence-electron chi connectivity index (χ1n) is 10.1. The summed E-state index contributed by atoms with van der Waals surface area (Å²) in [5, 5.41) is 2.66. The highest BCUT2D eigenvalue weighted by molar-refractivity contribution is 9.10. The molecule has 0 aromatic heterocycles. The second-order valence-corrected chi connectivity index (χ2v) is 12.4. The Morgan fingerprint density at radius 2 is 1.53 bits per heavy atom. The lowest BCUT2D eigenvalue weighted by molar-refractivity contribution is -0.114. The number of amides is 1. The topological polar surface area (TPSA) is 104 Å². The minimum absolute atomic E-state index is 0.0580. The monoisotopic (exact) mass is 565 g/mol. The summed E-state index contributed by atoms with van der Waals surface area (Å²) in [6.07, 6.45) is 1.07. The number of benzene rings is 3. The minimum atomic E-state index is -4.05. The normalized spacial score (nSPS) is 11.6. The summed E-state index contributed by atoms with van der Waals surface area (Å²) < 4.78 is 53.3. The molecule has 0 aliphatic rings. The van der Waals surface area contributed by atoms with Crippen molar-refractivity contribution >= 4 is 58.9 Å². The molecule has 1 N–H and O–H groups in total. The Balaban J connectivity index is 1.92. The first-order chi connectivity index (χ1) is 15.9. The zero-order valence-electron chi connectivity index (χ0n) is 18.8. The molecule has 11 heteroatoms. The van der Waals surface area contributed by atoms with Gasteiger partial charge in [-0.2, -0.15) is 0 Å². The second kappa shape index (κ2) is 10.2. The van der Waals surface area contributed by atoms with Crippen LogP contribution in [0.15, 0.2) is 82.2 Å². The van der Waals surface area contributed by atoms with Crippen molar-refractivity contribution in [2.24, 2.45) is 0 Å². The summed E-state index contributed by atoms with van der Waals surface area (Å²) in [6, 6.07) is 19.3. The van der Waals surface area contributed by atoms with Crippen LogP contribution in [-0.4, -0.2) is 42.6 Å². The Labute approximate surface area is 208 Å². The van der Waals surface area contributed by atoms with Gasteiger partial charge in [-0.05, 0) is 55.5 Å². The molecule has 0 saturated heterocycles. The van der Waals surface area contributed by atoms with Gasteiger partial charge in [0.05, 0.1) is 22.5 Å². The highest BCUT2D eigenvalue weighted by atomic mass is 79.9. The van der Waals surface area contributed by atoms with E-state index in [9.17, 15) is 21.6 Å². The van der Waals surface area contributed by atoms with E-state index in [1.165, 1.54) is 25.2 Å². The van der Waals surface area contributed by atoms with Crippen LogP contribution in [0, 0.1) is 6.92 Å². The van der Waals surface area contributed by atoms with Crippen molar-refractivity contribution in [1.29, 1.82) is 0 Å². The third kappa shape index (κ3) is 6.16. The van der Waals surface area contributed by atoms with E-state index >= 15 is 0 Å². The third-order valence-electron chi connectivity index (χ3n) is 4.98. The van der Waals surface area contributed by atoms with Gasteiger partial charge < -0.3 is 5.32 Å². The van der Waals surface area contributed by atoms with Crippen LogP contribution in [-0.2, 0) is 24.8 Å². The number of aryl methyl sites for hydroxylation is 1. The number of anilines is 3. The largest absolute Gasteiger partial charge is 0.324 e. The van der Waals surface area contributed by atoms with Gasteiger partial charge in [0.15, 0.2) is 0 Å². The fourth-order valence-corrected chi connectivity index (χ4v) is 5.38. The number of hydrogen-bond acceptors (Lipinski definition) is 5. The van der Waals surface area contributed by atoms with Crippen molar-refractivity contribution in [2.75, 3.05) is 33.8 Å². The van der Waals surface area contributed by atoms with Crippen LogP contribution in [0.3, 0.4) is 0 Å². The van der Waals surface area contributed by atoms with Crippen LogP contribution in [0.25, 0.3) is 0 Å². The maximum absolute atomic E-state index is 13.5. The lowest BCUT2D eigenvalue weighted by atomic mass is 10.2. The quantitative estimate of drug-likeness (QED) is 0.444. The van der Waals surface area contributed by atoms with Crippen molar-refractivity contribution < 1.29 is 21.6 Å². The number of hydrogen-bond donors (Lipinski definition) is 1. The third-order valence-corrected chi connectivity index (χ3v) is 8.47. The van der Waals surface area contributed by atoms with Crippen molar-refractivity contribution in [3.63, 3.8) is 0 Å². The maximum Gasteiger partial charge on any atom is 0.264 e. The van der Waals surface area contributed by atoms with E-state index in [0.29, 0.717) is 21.5 Å². The predicted octanol–water partition coefficient (Wildman–Crippen LogP) is 3.99. The minimum Gasteiger partial charge on any atom is -0.324 e. The number of rotatable bonds is 8. The molecule has 0 aliphatic heterocycles. The molecule has 3 aromatic rings. The number of nitrogens with one attached hydrogen (secondary N) is 1. The molecule has 34 heavy (non-hydrogen) atoms. The number of carbonyl (C=O) groups excluding carboxylic acids is 1. The van der Waals surface area contributed by atoms with E-state index < -0.39 is 32.5 Å². The summed E-state index contributed by atoms with van der Waals surface area (Å²) in [4.78, 5) is 13.0. The van der Waals surface area contributed by atoms with Gasteiger partial charge in [-0.3, -0.25) is 13.4 Å². The van der Waals surface area contributed by atoms with Crippen molar-refractivity contribution in [3.05, 3.63) is 82.8 Å². The van der Waals surface area contributed by atoms with Gasteiger partial charge in [-0.15, -0.1) is 0 Å². The number of halogens is 1. The summed E-state index contributed by atoms with van der Waals surface area (Å²) in [5.74, 6) is -0.588. The lowest BCUT2D eigenvalue weighted by Gasteiger charge is -2.24.